The first-order valence-corrected chi connectivity index (χ1v) is 3.80. The fourth-order valence-corrected chi connectivity index (χ4v) is 0.520. The first-order valence-electron chi connectivity index (χ1n) is 3.80. The van der Waals surface area contributed by atoms with E-state index in [4.69, 9.17) is 10.2 Å². The number of rotatable bonds is 3. The number of carbonyl (C=O) groups is 2. The fourth-order valence-electron chi connectivity index (χ4n) is 0.520. The molecule has 0 radical (unpaired) electrons. The summed E-state index contributed by atoms with van der Waals surface area (Å²) in [5, 5.41) is 15.6. The number of hydrogen-bond donors (Lipinski definition) is 2. The van der Waals surface area contributed by atoms with Gasteiger partial charge in [-0.1, -0.05) is 6.58 Å². The molecule has 0 aliphatic rings. The molecule has 0 bridgehead atoms. The summed E-state index contributed by atoms with van der Waals surface area (Å²) in [6.45, 7) is 3.53. The number of imidazole rings is 1. The van der Waals surface area contributed by atoms with Gasteiger partial charge < -0.3 is 14.8 Å². The van der Waals surface area contributed by atoms with E-state index < -0.39 is 11.9 Å². The maximum absolute atomic E-state index is 9.55. The van der Waals surface area contributed by atoms with Crippen molar-refractivity contribution in [3.05, 3.63) is 37.5 Å². The highest BCUT2D eigenvalue weighted by Gasteiger charge is 1.88. The lowest BCUT2D eigenvalue weighted by Gasteiger charge is -1.80. The summed E-state index contributed by atoms with van der Waals surface area (Å²) >= 11 is 0. The van der Waals surface area contributed by atoms with E-state index in [0.29, 0.717) is 12.2 Å². The molecule has 0 aromatic carbocycles. The molecule has 0 fully saturated rings. The largest absolute Gasteiger partial charge is 0.478 e. The molecule has 15 heavy (non-hydrogen) atoms. The van der Waals surface area contributed by atoms with Crippen LogP contribution in [0.25, 0.3) is 6.20 Å². The molecule has 0 spiro atoms. The molecular formula is C9H10N2O4. The van der Waals surface area contributed by atoms with Gasteiger partial charge in [0.2, 0.25) is 0 Å². The maximum Gasteiger partial charge on any atom is 0.328 e. The second kappa shape index (κ2) is 7.07. The minimum absolute atomic E-state index is 0.558. The van der Waals surface area contributed by atoms with E-state index >= 15 is 0 Å². The molecule has 80 valence electrons. The van der Waals surface area contributed by atoms with Crippen LogP contribution in [0, 0.1) is 0 Å². The Balaban J connectivity index is 0.000000262. The Kier molecular flexibility index (Phi) is 5.96. The summed E-state index contributed by atoms with van der Waals surface area (Å²) in [4.78, 5) is 22.9. The van der Waals surface area contributed by atoms with Gasteiger partial charge in [0.25, 0.3) is 0 Å². The molecule has 0 saturated heterocycles. The van der Waals surface area contributed by atoms with Gasteiger partial charge >= 0.3 is 11.9 Å². The topological polar surface area (TPSA) is 92.4 Å². The summed E-state index contributed by atoms with van der Waals surface area (Å²) < 4.78 is 1.78. The number of nitrogens with zero attached hydrogens (tertiary/aromatic N) is 2. The molecule has 0 aliphatic heterocycles. The van der Waals surface area contributed by atoms with Crippen LogP contribution in [0.4, 0.5) is 0 Å². The monoisotopic (exact) mass is 210 g/mol. The number of aromatic nitrogens is 2. The van der Waals surface area contributed by atoms with Crippen molar-refractivity contribution < 1.29 is 19.8 Å². The average Bonchev–Trinajstić information content (AvgIpc) is 2.68. The van der Waals surface area contributed by atoms with Crippen LogP contribution in [0.2, 0.25) is 0 Å². The van der Waals surface area contributed by atoms with Crippen molar-refractivity contribution in [2.45, 2.75) is 0 Å². The van der Waals surface area contributed by atoms with Crippen LogP contribution in [0.1, 0.15) is 0 Å². The molecule has 1 rings (SSSR count). The van der Waals surface area contributed by atoms with Crippen molar-refractivity contribution in [2.24, 2.45) is 0 Å². The van der Waals surface area contributed by atoms with Gasteiger partial charge in [-0.25, -0.2) is 14.6 Å². The Bertz CT molecular complexity index is 338. The van der Waals surface area contributed by atoms with Crippen LogP contribution in [0.3, 0.4) is 0 Å². The average molecular weight is 210 g/mol. The Morgan fingerprint density at radius 2 is 1.80 bits per heavy atom. The SMILES string of the molecule is C=Cn1ccnc1.O=C(O)/C=C/C(=O)O. The molecule has 0 aliphatic carbocycles. The summed E-state index contributed by atoms with van der Waals surface area (Å²) in [6.07, 6.45) is 8.03. The van der Waals surface area contributed by atoms with E-state index in [0.717, 1.165) is 0 Å². The van der Waals surface area contributed by atoms with Crippen LogP contribution < -0.4 is 0 Å². The van der Waals surface area contributed by atoms with Gasteiger partial charge in [-0.15, -0.1) is 0 Å². The van der Waals surface area contributed by atoms with Crippen molar-refractivity contribution in [3.63, 3.8) is 0 Å². The van der Waals surface area contributed by atoms with E-state index in [1.54, 1.807) is 23.3 Å². The Labute approximate surface area is 85.8 Å². The predicted molar refractivity (Wildman–Crippen MR) is 53.0 cm³/mol. The van der Waals surface area contributed by atoms with E-state index in [9.17, 15) is 9.59 Å². The van der Waals surface area contributed by atoms with E-state index in [1.165, 1.54) is 0 Å². The van der Waals surface area contributed by atoms with Crippen LogP contribution >= 0.6 is 0 Å². The number of aliphatic carboxylic acids is 2. The van der Waals surface area contributed by atoms with Crippen LogP contribution in [-0.2, 0) is 9.59 Å². The number of carboxylic acids is 2. The number of hydrogen-bond acceptors (Lipinski definition) is 3. The van der Waals surface area contributed by atoms with E-state index in [2.05, 4.69) is 11.6 Å². The lowest BCUT2D eigenvalue weighted by molar-refractivity contribution is -0.134. The third-order valence-corrected chi connectivity index (χ3v) is 1.10. The van der Waals surface area contributed by atoms with E-state index in [1.807, 2.05) is 6.20 Å². The smallest absolute Gasteiger partial charge is 0.328 e. The standard InChI is InChI=1S/C5H6N2.C4H4O4/c1-2-7-4-3-6-5-7;5-3(6)1-2-4(7)8/h2-5H,1H2;1-2H,(H,5,6)(H,7,8)/b;2-1+. The lowest BCUT2D eigenvalue weighted by atomic mass is 10.5. The van der Waals surface area contributed by atoms with Gasteiger partial charge in [0.15, 0.2) is 0 Å². The van der Waals surface area contributed by atoms with Crippen molar-refractivity contribution >= 4 is 18.1 Å². The third kappa shape index (κ3) is 7.97. The normalized spacial score (nSPS) is 9.07. The van der Waals surface area contributed by atoms with E-state index in [-0.39, 0.29) is 0 Å². The van der Waals surface area contributed by atoms with Crippen LogP contribution in [0.5, 0.6) is 0 Å². The Hall–Kier alpha value is -2.37. The molecule has 0 saturated carbocycles. The molecule has 2 N–H and O–H groups in total. The molecule has 1 heterocycles. The molecule has 6 heteroatoms. The van der Waals surface area contributed by atoms with Gasteiger partial charge in [0.05, 0.1) is 6.33 Å². The second-order valence-corrected chi connectivity index (χ2v) is 2.20. The zero-order valence-electron chi connectivity index (χ0n) is 7.78. The summed E-state index contributed by atoms with van der Waals surface area (Å²) in [5.41, 5.74) is 0. The molecule has 1 aromatic rings. The zero-order valence-corrected chi connectivity index (χ0v) is 7.78. The highest BCUT2D eigenvalue weighted by atomic mass is 16.4. The molecule has 0 unspecified atom stereocenters. The van der Waals surface area contributed by atoms with Crippen molar-refractivity contribution in [1.82, 2.24) is 9.55 Å². The third-order valence-electron chi connectivity index (χ3n) is 1.10. The highest BCUT2D eigenvalue weighted by molar-refractivity contribution is 5.89. The first-order chi connectivity index (χ1) is 7.06. The highest BCUT2D eigenvalue weighted by Crippen LogP contribution is 1.81. The Morgan fingerprint density at radius 3 is 2.00 bits per heavy atom. The minimum atomic E-state index is -1.26. The van der Waals surface area contributed by atoms with Gasteiger partial charge in [0, 0.05) is 30.7 Å². The quantitative estimate of drug-likeness (QED) is 0.716. The maximum atomic E-state index is 9.55. The molecular weight excluding hydrogens is 200 g/mol. The van der Waals surface area contributed by atoms with Gasteiger partial charge in [0.1, 0.15) is 0 Å². The van der Waals surface area contributed by atoms with Crippen LogP contribution in [0.15, 0.2) is 37.5 Å². The minimum Gasteiger partial charge on any atom is -0.478 e. The molecule has 0 atom stereocenters. The van der Waals surface area contributed by atoms with Gasteiger partial charge in [-0.05, 0) is 0 Å². The molecule has 6 nitrogen and oxygen atoms in total. The zero-order chi connectivity index (χ0) is 11.7. The Morgan fingerprint density at radius 1 is 1.27 bits per heavy atom. The van der Waals surface area contributed by atoms with Crippen molar-refractivity contribution in [2.75, 3.05) is 0 Å². The van der Waals surface area contributed by atoms with Crippen molar-refractivity contribution in [1.29, 1.82) is 0 Å². The number of carboxylic acid groups (broad SMARTS) is 2. The fraction of sp³-hybridized carbons (Fsp3) is 0. The van der Waals surface area contributed by atoms with Gasteiger partial charge in [-0.2, -0.15) is 0 Å². The molecule has 0 amide bonds. The predicted octanol–water partition coefficient (Wildman–Crippen LogP) is 0.695. The van der Waals surface area contributed by atoms with Gasteiger partial charge in [-0.3, -0.25) is 0 Å². The first kappa shape index (κ1) is 12.6. The van der Waals surface area contributed by atoms with Crippen molar-refractivity contribution in [3.8, 4) is 0 Å². The molecule has 1 aromatic heterocycles. The lowest BCUT2D eigenvalue weighted by Crippen LogP contribution is -1.91. The summed E-state index contributed by atoms with van der Waals surface area (Å²) in [6, 6.07) is 0. The summed E-state index contributed by atoms with van der Waals surface area (Å²) in [5.74, 6) is -2.51. The summed E-state index contributed by atoms with van der Waals surface area (Å²) in [7, 11) is 0. The second-order valence-electron chi connectivity index (χ2n) is 2.20. The van der Waals surface area contributed by atoms with Crippen LogP contribution in [-0.4, -0.2) is 31.7 Å².